The normalized spacial score (nSPS) is 15.1. The predicted octanol–water partition coefficient (Wildman–Crippen LogP) is 6.53. The number of alkyl halides is 3. The summed E-state index contributed by atoms with van der Waals surface area (Å²) in [4.78, 5) is 27.6. The number of aromatic nitrogens is 3. The second-order valence-electron chi connectivity index (χ2n) is 9.10. The van der Waals surface area contributed by atoms with Crippen LogP contribution in [0, 0.1) is 17.0 Å². The van der Waals surface area contributed by atoms with Gasteiger partial charge in [-0.25, -0.2) is 15.0 Å². The molecule has 2 aromatic heterocycles. The molecule has 0 radical (unpaired) electrons. The maximum Gasteiger partial charge on any atom is 0.416 e. The summed E-state index contributed by atoms with van der Waals surface area (Å²) in [6.07, 6.45) is -2.51. The fraction of sp³-hybridized carbons (Fsp3) is 0.458. The van der Waals surface area contributed by atoms with E-state index in [9.17, 15) is 23.3 Å². The number of pyridine rings is 1. The Bertz CT molecular complexity index is 1300. The number of halogens is 3. The van der Waals surface area contributed by atoms with Gasteiger partial charge in [-0.15, -0.1) is 11.8 Å². The summed E-state index contributed by atoms with van der Waals surface area (Å²) in [5, 5.41) is 15.4. The monoisotopic (exact) mass is 520 g/mol. The Kier molecular flexibility index (Phi) is 7.26. The Morgan fingerprint density at radius 1 is 1.08 bits per heavy atom. The van der Waals surface area contributed by atoms with Crippen molar-refractivity contribution in [2.45, 2.75) is 62.9 Å². The zero-order valence-corrected chi connectivity index (χ0v) is 21.2. The van der Waals surface area contributed by atoms with Gasteiger partial charge in [-0.3, -0.25) is 10.1 Å². The van der Waals surface area contributed by atoms with Gasteiger partial charge in [0.25, 0.3) is 5.69 Å². The van der Waals surface area contributed by atoms with Crippen LogP contribution in [0.15, 0.2) is 29.2 Å². The molecule has 4 rings (SSSR count). The van der Waals surface area contributed by atoms with E-state index >= 15 is 0 Å². The number of thioether (sulfide) groups is 1. The fourth-order valence-electron chi connectivity index (χ4n) is 4.18. The Hall–Kier alpha value is -3.15. The SMILES string of the molecule is Cc1nc(N[C@H](C)c2cc([N+](=O)[O-])cc(C(F)(F)F)c2)c2cc(SC(C)C)c(N3CCCC3)nc2n1. The number of nitro benzene ring substituents is 1. The van der Waals surface area contributed by atoms with E-state index in [2.05, 4.69) is 34.0 Å². The van der Waals surface area contributed by atoms with Crippen LogP contribution in [0.2, 0.25) is 0 Å². The molecule has 1 N–H and O–H groups in total. The van der Waals surface area contributed by atoms with E-state index < -0.39 is 28.4 Å². The smallest absolute Gasteiger partial charge is 0.363 e. The van der Waals surface area contributed by atoms with Crippen LogP contribution >= 0.6 is 11.8 Å². The van der Waals surface area contributed by atoms with Crippen LogP contribution in [0.5, 0.6) is 0 Å². The maximum atomic E-state index is 13.4. The van der Waals surface area contributed by atoms with Crippen molar-refractivity contribution < 1.29 is 18.1 Å². The van der Waals surface area contributed by atoms with Gasteiger partial charge in [-0.2, -0.15) is 13.2 Å². The predicted molar refractivity (Wildman–Crippen MR) is 135 cm³/mol. The third-order valence-corrected chi connectivity index (χ3v) is 6.87. The number of aryl methyl sites for hydroxylation is 1. The summed E-state index contributed by atoms with van der Waals surface area (Å²) >= 11 is 1.68. The zero-order chi connectivity index (χ0) is 26.2. The van der Waals surface area contributed by atoms with Gasteiger partial charge in [0.05, 0.1) is 26.8 Å². The molecule has 1 fully saturated rings. The molecule has 1 aliphatic rings. The molecule has 0 saturated carbocycles. The number of nitrogens with zero attached hydrogens (tertiary/aromatic N) is 5. The van der Waals surface area contributed by atoms with Crippen molar-refractivity contribution in [1.82, 2.24) is 15.0 Å². The van der Waals surface area contributed by atoms with E-state index in [1.54, 1.807) is 25.6 Å². The van der Waals surface area contributed by atoms with Gasteiger partial charge < -0.3 is 10.2 Å². The van der Waals surface area contributed by atoms with E-state index in [-0.39, 0.29) is 5.56 Å². The Morgan fingerprint density at radius 3 is 2.39 bits per heavy atom. The summed E-state index contributed by atoms with van der Waals surface area (Å²) < 4.78 is 40.2. The van der Waals surface area contributed by atoms with Crippen molar-refractivity contribution in [2.75, 3.05) is 23.3 Å². The molecule has 0 unspecified atom stereocenters. The van der Waals surface area contributed by atoms with Gasteiger partial charge >= 0.3 is 6.18 Å². The van der Waals surface area contributed by atoms with Crippen LogP contribution < -0.4 is 10.2 Å². The highest BCUT2D eigenvalue weighted by molar-refractivity contribution is 8.00. The average molecular weight is 521 g/mol. The number of hydrogen-bond donors (Lipinski definition) is 1. The molecular formula is C24H27F3N6O2S. The van der Waals surface area contributed by atoms with Gasteiger partial charge in [-0.1, -0.05) is 13.8 Å². The van der Waals surface area contributed by atoms with E-state index in [1.165, 1.54) is 0 Å². The van der Waals surface area contributed by atoms with E-state index in [0.29, 0.717) is 34.0 Å². The van der Waals surface area contributed by atoms with E-state index in [1.807, 2.05) is 6.07 Å². The first-order valence-corrected chi connectivity index (χ1v) is 12.5. The fourth-order valence-corrected chi connectivity index (χ4v) is 5.16. The number of hydrogen-bond acceptors (Lipinski definition) is 8. The summed E-state index contributed by atoms with van der Waals surface area (Å²) in [5.41, 5.74) is -1.08. The van der Waals surface area contributed by atoms with E-state index in [0.717, 1.165) is 48.8 Å². The lowest BCUT2D eigenvalue weighted by atomic mass is 10.0. The molecule has 36 heavy (non-hydrogen) atoms. The molecule has 192 valence electrons. The largest absolute Gasteiger partial charge is 0.416 e. The Morgan fingerprint density at radius 2 is 1.78 bits per heavy atom. The van der Waals surface area contributed by atoms with Gasteiger partial charge in [0.1, 0.15) is 17.5 Å². The third kappa shape index (κ3) is 5.63. The van der Waals surface area contributed by atoms with Crippen LogP contribution in [0.4, 0.5) is 30.5 Å². The summed E-state index contributed by atoms with van der Waals surface area (Å²) in [5.74, 6) is 1.75. The second-order valence-corrected chi connectivity index (χ2v) is 10.7. The number of benzene rings is 1. The van der Waals surface area contributed by atoms with Crippen LogP contribution in [0.3, 0.4) is 0 Å². The highest BCUT2D eigenvalue weighted by Crippen LogP contribution is 2.38. The first-order valence-electron chi connectivity index (χ1n) is 11.7. The minimum absolute atomic E-state index is 0.124. The molecule has 0 spiro atoms. The molecule has 0 bridgehead atoms. The van der Waals surface area contributed by atoms with Crippen molar-refractivity contribution in [3.05, 3.63) is 51.3 Å². The standard InChI is InChI=1S/C24H27F3N6O2S/c1-13(2)36-20-12-19-21(29-15(4)30-22(19)31-23(20)32-7-5-6-8-32)28-14(3)16-9-17(24(25,26)27)11-18(10-16)33(34)35/h9-14H,5-8H2,1-4H3,(H,28,29,30,31)/t14-/m1/s1. The first kappa shape index (κ1) is 25.9. The number of anilines is 2. The molecule has 12 heteroatoms. The van der Waals surface area contributed by atoms with E-state index in [4.69, 9.17) is 4.98 Å². The zero-order valence-electron chi connectivity index (χ0n) is 20.4. The summed E-state index contributed by atoms with van der Waals surface area (Å²) in [6.45, 7) is 9.39. The second kappa shape index (κ2) is 10.1. The lowest BCUT2D eigenvalue weighted by molar-refractivity contribution is -0.385. The minimum Gasteiger partial charge on any atom is -0.363 e. The molecule has 0 amide bonds. The molecule has 3 heterocycles. The van der Waals surface area contributed by atoms with Crippen LogP contribution in [-0.4, -0.2) is 38.2 Å². The lowest BCUT2D eigenvalue weighted by Gasteiger charge is -2.22. The molecular weight excluding hydrogens is 493 g/mol. The first-order chi connectivity index (χ1) is 16.9. The number of non-ortho nitro benzene ring substituents is 1. The van der Waals surface area contributed by atoms with Gasteiger partial charge in [-0.05, 0) is 44.4 Å². The lowest BCUT2D eigenvalue weighted by Crippen LogP contribution is -2.20. The Balaban J connectivity index is 1.78. The molecule has 1 atom stereocenters. The third-order valence-electron chi connectivity index (χ3n) is 5.84. The molecule has 0 aliphatic carbocycles. The minimum atomic E-state index is -4.71. The number of nitrogens with one attached hydrogen (secondary N) is 1. The number of rotatable bonds is 7. The molecule has 1 aromatic carbocycles. The maximum absolute atomic E-state index is 13.4. The van der Waals surface area contributed by atoms with Crippen LogP contribution in [0.1, 0.15) is 56.6 Å². The molecule has 3 aromatic rings. The number of fused-ring (bicyclic) bond motifs is 1. The Labute approximate surface area is 210 Å². The van der Waals surface area contributed by atoms with Crippen molar-refractivity contribution in [2.24, 2.45) is 0 Å². The van der Waals surface area contributed by atoms with Gasteiger partial charge in [0.2, 0.25) is 0 Å². The van der Waals surface area contributed by atoms with Crippen molar-refractivity contribution in [3.8, 4) is 0 Å². The number of nitro groups is 1. The highest BCUT2D eigenvalue weighted by atomic mass is 32.2. The highest BCUT2D eigenvalue weighted by Gasteiger charge is 2.33. The van der Waals surface area contributed by atoms with Crippen molar-refractivity contribution in [3.63, 3.8) is 0 Å². The van der Waals surface area contributed by atoms with Gasteiger partial charge in [0.15, 0.2) is 5.65 Å². The van der Waals surface area contributed by atoms with Gasteiger partial charge in [0, 0.05) is 30.5 Å². The average Bonchev–Trinajstić information content (AvgIpc) is 3.32. The summed E-state index contributed by atoms with van der Waals surface area (Å²) in [6, 6.07) is 3.88. The van der Waals surface area contributed by atoms with Crippen molar-refractivity contribution in [1.29, 1.82) is 0 Å². The van der Waals surface area contributed by atoms with Crippen molar-refractivity contribution >= 4 is 40.1 Å². The van der Waals surface area contributed by atoms with Crippen LogP contribution in [0.25, 0.3) is 11.0 Å². The molecule has 1 saturated heterocycles. The van der Waals surface area contributed by atoms with Crippen LogP contribution in [-0.2, 0) is 6.18 Å². The molecule has 8 nitrogen and oxygen atoms in total. The molecule has 1 aliphatic heterocycles. The summed E-state index contributed by atoms with van der Waals surface area (Å²) in [7, 11) is 0. The quantitative estimate of drug-likeness (QED) is 0.213. The topological polar surface area (TPSA) is 97.1 Å².